The first-order valence-electron chi connectivity index (χ1n) is 7.53. The molecule has 23 heavy (non-hydrogen) atoms. The minimum absolute atomic E-state index is 0.262. The molecule has 0 saturated carbocycles. The van der Waals surface area contributed by atoms with Crippen molar-refractivity contribution in [1.82, 2.24) is 4.83 Å². The van der Waals surface area contributed by atoms with Crippen LogP contribution in [0.3, 0.4) is 0 Å². The van der Waals surface area contributed by atoms with Gasteiger partial charge in [-0.25, -0.2) is 0 Å². The van der Waals surface area contributed by atoms with Crippen LogP contribution in [0.15, 0.2) is 91.0 Å². The first kappa shape index (κ1) is 14.4. The Balaban J connectivity index is 1.78. The SMILES string of the molecule is O=P(c1ccccc1)(c1ccccc1)N1OC1c1ccccc1. The molecule has 1 heterocycles. The summed E-state index contributed by atoms with van der Waals surface area (Å²) >= 11 is 0. The maximum absolute atomic E-state index is 14.0. The van der Waals surface area contributed by atoms with Crippen molar-refractivity contribution >= 4 is 17.9 Å². The van der Waals surface area contributed by atoms with E-state index in [-0.39, 0.29) is 6.23 Å². The van der Waals surface area contributed by atoms with Gasteiger partial charge >= 0.3 is 0 Å². The van der Waals surface area contributed by atoms with Crippen molar-refractivity contribution in [2.45, 2.75) is 6.23 Å². The monoisotopic (exact) mass is 321 g/mol. The highest BCUT2D eigenvalue weighted by Crippen LogP contribution is 2.61. The van der Waals surface area contributed by atoms with Crippen LogP contribution in [0.25, 0.3) is 0 Å². The lowest BCUT2D eigenvalue weighted by Gasteiger charge is -2.18. The molecule has 2 atom stereocenters. The molecule has 1 fully saturated rings. The molecule has 1 aliphatic rings. The molecule has 0 N–H and O–H groups in total. The molecular weight excluding hydrogens is 305 g/mol. The molecule has 0 spiro atoms. The van der Waals surface area contributed by atoms with E-state index in [1.807, 2.05) is 91.0 Å². The molecule has 3 aromatic rings. The lowest BCUT2D eigenvalue weighted by atomic mass is 10.2. The van der Waals surface area contributed by atoms with E-state index in [4.69, 9.17) is 4.84 Å². The Morgan fingerprint density at radius 2 is 1.13 bits per heavy atom. The second kappa shape index (κ2) is 5.78. The third kappa shape index (κ3) is 2.53. The zero-order chi connectivity index (χ0) is 15.7. The molecule has 0 bridgehead atoms. The summed E-state index contributed by atoms with van der Waals surface area (Å²) in [6, 6.07) is 29.0. The molecule has 1 saturated heterocycles. The van der Waals surface area contributed by atoms with Crippen LogP contribution in [0.4, 0.5) is 0 Å². The molecule has 4 heteroatoms. The number of hydrogen-bond acceptors (Lipinski definition) is 2. The average Bonchev–Trinajstić information content (AvgIpc) is 3.45. The van der Waals surface area contributed by atoms with Gasteiger partial charge in [0.15, 0.2) is 6.23 Å². The Morgan fingerprint density at radius 1 is 0.696 bits per heavy atom. The molecular formula is C19H16NO2P. The summed E-state index contributed by atoms with van der Waals surface area (Å²) in [6.45, 7) is 0. The molecule has 0 aliphatic carbocycles. The van der Waals surface area contributed by atoms with E-state index in [2.05, 4.69) is 0 Å². The van der Waals surface area contributed by atoms with Gasteiger partial charge in [0.05, 0.1) is 0 Å². The fourth-order valence-electron chi connectivity index (χ4n) is 2.73. The maximum Gasteiger partial charge on any atom is 0.232 e. The smallest absolute Gasteiger partial charge is 0.232 e. The minimum Gasteiger partial charge on any atom is -0.294 e. The van der Waals surface area contributed by atoms with Gasteiger partial charge in [0.25, 0.3) is 0 Å². The van der Waals surface area contributed by atoms with E-state index < -0.39 is 7.29 Å². The van der Waals surface area contributed by atoms with Crippen molar-refractivity contribution in [2.24, 2.45) is 0 Å². The zero-order valence-corrected chi connectivity index (χ0v) is 13.3. The van der Waals surface area contributed by atoms with Crippen LogP contribution >= 0.6 is 7.29 Å². The lowest BCUT2D eigenvalue weighted by Crippen LogP contribution is -2.21. The topological polar surface area (TPSA) is 32.6 Å². The van der Waals surface area contributed by atoms with Crippen molar-refractivity contribution in [2.75, 3.05) is 0 Å². The normalized spacial score (nSPS) is 20.2. The Morgan fingerprint density at radius 3 is 1.61 bits per heavy atom. The van der Waals surface area contributed by atoms with Crippen LogP contribution < -0.4 is 10.6 Å². The largest absolute Gasteiger partial charge is 0.294 e. The van der Waals surface area contributed by atoms with E-state index in [1.165, 1.54) is 0 Å². The highest BCUT2D eigenvalue weighted by Gasteiger charge is 2.52. The maximum atomic E-state index is 14.0. The number of rotatable bonds is 4. The van der Waals surface area contributed by atoms with Gasteiger partial charge < -0.3 is 0 Å². The highest BCUT2D eigenvalue weighted by atomic mass is 31.2. The van der Waals surface area contributed by atoms with Crippen LogP contribution in [0.2, 0.25) is 0 Å². The molecule has 1 aliphatic heterocycles. The number of hydroxylamine groups is 1. The fraction of sp³-hybridized carbons (Fsp3) is 0.0526. The Bertz CT molecular complexity index is 794. The van der Waals surface area contributed by atoms with Gasteiger partial charge in [-0.15, -0.1) is 0 Å². The van der Waals surface area contributed by atoms with Gasteiger partial charge in [0, 0.05) is 16.2 Å². The van der Waals surface area contributed by atoms with Crippen molar-refractivity contribution in [1.29, 1.82) is 0 Å². The zero-order valence-electron chi connectivity index (χ0n) is 12.4. The van der Waals surface area contributed by atoms with Gasteiger partial charge in [-0.3, -0.25) is 9.40 Å². The van der Waals surface area contributed by atoms with Crippen molar-refractivity contribution in [3.63, 3.8) is 0 Å². The number of nitrogens with zero attached hydrogens (tertiary/aromatic N) is 1. The molecule has 3 nitrogen and oxygen atoms in total. The van der Waals surface area contributed by atoms with Gasteiger partial charge in [-0.05, 0) is 24.3 Å². The first-order chi connectivity index (χ1) is 11.3. The molecule has 3 aromatic carbocycles. The van der Waals surface area contributed by atoms with E-state index in [1.54, 1.807) is 4.83 Å². The summed E-state index contributed by atoms with van der Waals surface area (Å²) in [5.41, 5.74) is 1.01. The van der Waals surface area contributed by atoms with Crippen LogP contribution in [0.1, 0.15) is 11.8 Å². The fourth-order valence-corrected chi connectivity index (χ4v) is 5.29. The van der Waals surface area contributed by atoms with E-state index in [0.717, 1.165) is 16.2 Å². The first-order valence-corrected chi connectivity index (χ1v) is 9.19. The third-order valence-electron chi connectivity index (χ3n) is 3.94. The Hall–Kier alpha value is -2.19. The van der Waals surface area contributed by atoms with Gasteiger partial charge in [0.1, 0.15) is 0 Å². The van der Waals surface area contributed by atoms with E-state index >= 15 is 0 Å². The van der Waals surface area contributed by atoms with Gasteiger partial charge in [-0.1, -0.05) is 71.6 Å². The van der Waals surface area contributed by atoms with Crippen LogP contribution in [-0.4, -0.2) is 4.83 Å². The van der Waals surface area contributed by atoms with Crippen molar-refractivity contribution < 1.29 is 9.40 Å². The molecule has 4 rings (SSSR count). The Kier molecular flexibility index (Phi) is 3.62. The van der Waals surface area contributed by atoms with E-state index in [9.17, 15) is 4.57 Å². The quantitative estimate of drug-likeness (QED) is 0.540. The summed E-state index contributed by atoms with van der Waals surface area (Å²) in [5.74, 6) is 0. The molecule has 0 radical (unpaired) electrons. The Labute approximate surface area is 135 Å². The van der Waals surface area contributed by atoms with Gasteiger partial charge in [-0.2, -0.15) is 0 Å². The standard InChI is InChI=1S/C19H16NO2P/c21-23(17-12-6-2-7-13-17,18-14-8-3-9-15-18)20-19(22-20)16-10-4-1-5-11-16/h1-15,19H. The summed E-state index contributed by atoms with van der Waals surface area (Å²) in [7, 11) is -3.00. The van der Waals surface area contributed by atoms with Crippen LogP contribution in [0, 0.1) is 0 Å². The van der Waals surface area contributed by atoms with Crippen molar-refractivity contribution in [3.8, 4) is 0 Å². The minimum atomic E-state index is -3.00. The average molecular weight is 321 g/mol. The molecule has 0 amide bonds. The number of benzene rings is 3. The van der Waals surface area contributed by atoms with Gasteiger partial charge in [0.2, 0.25) is 7.29 Å². The summed E-state index contributed by atoms with van der Waals surface area (Å²) < 4.78 is 14.0. The predicted octanol–water partition coefficient (Wildman–Crippen LogP) is 3.86. The summed E-state index contributed by atoms with van der Waals surface area (Å²) in [5, 5.41) is 1.56. The van der Waals surface area contributed by atoms with Crippen LogP contribution in [0.5, 0.6) is 0 Å². The van der Waals surface area contributed by atoms with E-state index in [0.29, 0.717) is 0 Å². The second-order valence-electron chi connectivity index (χ2n) is 5.42. The lowest BCUT2D eigenvalue weighted by molar-refractivity contribution is 0.286. The molecule has 2 unspecified atom stereocenters. The second-order valence-corrected chi connectivity index (χ2v) is 8.00. The van der Waals surface area contributed by atoms with Crippen LogP contribution in [-0.2, 0) is 9.40 Å². The summed E-state index contributed by atoms with van der Waals surface area (Å²) in [4.78, 5) is 7.39. The molecule has 114 valence electrons. The molecule has 0 aromatic heterocycles. The summed E-state index contributed by atoms with van der Waals surface area (Å²) in [6.07, 6.45) is -0.262. The van der Waals surface area contributed by atoms with Crippen molar-refractivity contribution in [3.05, 3.63) is 96.6 Å². The number of hydrogen-bond donors (Lipinski definition) is 0. The highest BCUT2D eigenvalue weighted by molar-refractivity contribution is 7.76. The third-order valence-corrected chi connectivity index (χ3v) is 6.79. The predicted molar refractivity (Wildman–Crippen MR) is 91.9 cm³/mol.